The summed E-state index contributed by atoms with van der Waals surface area (Å²) in [5.41, 5.74) is 1.79. The molecule has 2 aromatic carbocycles. The van der Waals surface area contributed by atoms with Gasteiger partial charge in [0.1, 0.15) is 23.3 Å². The van der Waals surface area contributed by atoms with E-state index in [4.69, 9.17) is 0 Å². The molecule has 0 amide bonds. The van der Waals surface area contributed by atoms with Crippen molar-refractivity contribution in [2.75, 3.05) is 47.4 Å². The molecular formula is C23H26FN5. The van der Waals surface area contributed by atoms with Crippen molar-refractivity contribution in [3.63, 3.8) is 0 Å². The second-order valence-corrected chi connectivity index (χ2v) is 7.14. The molecule has 0 atom stereocenters. The van der Waals surface area contributed by atoms with Gasteiger partial charge in [-0.15, -0.1) is 0 Å². The summed E-state index contributed by atoms with van der Waals surface area (Å²) >= 11 is 0. The number of rotatable bonds is 5. The molecule has 0 saturated carbocycles. The second kappa shape index (κ2) is 8.47. The van der Waals surface area contributed by atoms with Crippen molar-refractivity contribution in [1.82, 2.24) is 9.97 Å². The van der Waals surface area contributed by atoms with Crippen LogP contribution in [-0.2, 0) is 0 Å². The van der Waals surface area contributed by atoms with E-state index in [2.05, 4.69) is 49.8 Å². The van der Waals surface area contributed by atoms with Gasteiger partial charge in [-0.05, 0) is 38.1 Å². The number of hydrogen-bond acceptors (Lipinski definition) is 5. The zero-order chi connectivity index (χ0) is 20.2. The van der Waals surface area contributed by atoms with Gasteiger partial charge in [0.25, 0.3) is 0 Å². The Morgan fingerprint density at radius 2 is 1.55 bits per heavy atom. The molecule has 5 nitrogen and oxygen atoms in total. The van der Waals surface area contributed by atoms with Crippen molar-refractivity contribution >= 4 is 23.0 Å². The summed E-state index contributed by atoms with van der Waals surface area (Å²) in [6, 6.07) is 19.3. The first-order valence-corrected chi connectivity index (χ1v) is 10.1. The first kappa shape index (κ1) is 19.2. The van der Waals surface area contributed by atoms with Gasteiger partial charge in [-0.1, -0.05) is 30.3 Å². The van der Waals surface area contributed by atoms with Crippen LogP contribution in [0.4, 0.5) is 27.4 Å². The van der Waals surface area contributed by atoms with E-state index >= 15 is 0 Å². The van der Waals surface area contributed by atoms with Gasteiger partial charge in [0.15, 0.2) is 0 Å². The van der Waals surface area contributed by atoms with E-state index in [0.29, 0.717) is 5.69 Å². The lowest BCUT2D eigenvalue weighted by atomic mass is 10.2. The van der Waals surface area contributed by atoms with Crippen LogP contribution in [0.5, 0.6) is 0 Å². The molecule has 3 aromatic rings. The molecule has 1 aliphatic heterocycles. The minimum absolute atomic E-state index is 0.164. The maximum atomic E-state index is 14.1. The molecule has 0 radical (unpaired) electrons. The minimum atomic E-state index is -0.164. The smallest absolute Gasteiger partial charge is 0.146 e. The molecule has 0 bridgehead atoms. The first-order valence-electron chi connectivity index (χ1n) is 10.1. The number of hydrogen-bond donors (Lipinski definition) is 0. The van der Waals surface area contributed by atoms with E-state index in [-0.39, 0.29) is 5.82 Å². The van der Waals surface area contributed by atoms with Crippen LogP contribution in [0.3, 0.4) is 0 Å². The topological polar surface area (TPSA) is 35.5 Å². The normalized spacial score (nSPS) is 14.2. The average molecular weight is 391 g/mol. The molecule has 1 aromatic heterocycles. The van der Waals surface area contributed by atoms with Crippen molar-refractivity contribution in [3.8, 4) is 0 Å². The van der Waals surface area contributed by atoms with E-state index in [1.165, 1.54) is 6.07 Å². The number of piperazine rings is 1. The second-order valence-electron chi connectivity index (χ2n) is 7.14. The van der Waals surface area contributed by atoms with Gasteiger partial charge in [0.05, 0.1) is 5.69 Å². The van der Waals surface area contributed by atoms with Crippen LogP contribution in [0.1, 0.15) is 12.7 Å². The molecular weight excluding hydrogens is 365 g/mol. The average Bonchev–Trinajstić information content (AvgIpc) is 2.75. The lowest BCUT2D eigenvalue weighted by Crippen LogP contribution is -2.47. The van der Waals surface area contributed by atoms with E-state index in [9.17, 15) is 4.39 Å². The van der Waals surface area contributed by atoms with E-state index < -0.39 is 0 Å². The Balaban J connectivity index is 1.53. The summed E-state index contributed by atoms with van der Waals surface area (Å²) < 4.78 is 14.1. The van der Waals surface area contributed by atoms with Crippen LogP contribution in [0.15, 0.2) is 60.7 Å². The van der Waals surface area contributed by atoms with Crippen LogP contribution < -0.4 is 14.7 Å². The van der Waals surface area contributed by atoms with E-state index in [0.717, 1.165) is 55.9 Å². The predicted molar refractivity (Wildman–Crippen MR) is 117 cm³/mol. The Bertz CT molecular complexity index is 954. The molecule has 150 valence electrons. The number of halogens is 1. The van der Waals surface area contributed by atoms with Crippen LogP contribution in [0.25, 0.3) is 0 Å². The Labute approximate surface area is 171 Å². The van der Waals surface area contributed by atoms with Crippen molar-refractivity contribution in [2.45, 2.75) is 13.8 Å². The largest absolute Gasteiger partial charge is 0.366 e. The lowest BCUT2D eigenvalue weighted by Gasteiger charge is -2.37. The standard InChI is InChI=1S/C23H26FN5/c1-3-29(19-9-5-4-6-10-19)23-17-22(25-18(2)26-23)28-15-13-27(14-16-28)21-12-8-7-11-20(21)24/h4-12,17H,3,13-16H2,1-2H3. The van der Waals surface area contributed by atoms with Gasteiger partial charge >= 0.3 is 0 Å². The fraction of sp³-hybridized carbons (Fsp3) is 0.304. The van der Waals surface area contributed by atoms with Gasteiger partial charge in [0, 0.05) is 44.5 Å². The minimum Gasteiger partial charge on any atom is -0.366 e. The molecule has 0 spiro atoms. The SMILES string of the molecule is CCN(c1ccccc1)c1cc(N2CCN(c3ccccc3F)CC2)nc(C)n1. The Morgan fingerprint density at radius 3 is 2.24 bits per heavy atom. The van der Waals surface area contributed by atoms with Gasteiger partial charge in [-0.3, -0.25) is 0 Å². The van der Waals surface area contributed by atoms with Crippen molar-refractivity contribution < 1.29 is 4.39 Å². The molecule has 0 unspecified atom stereocenters. The third-order valence-corrected chi connectivity index (χ3v) is 5.27. The first-order chi connectivity index (χ1) is 14.2. The molecule has 0 aliphatic carbocycles. The molecule has 6 heteroatoms. The Morgan fingerprint density at radius 1 is 0.897 bits per heavy atom. The zero-order valence-corrected chi connectivity index (χ0v) is 16.9. The van der Waals surface area contributed by atoms with Crippen LogP contribution in [0, 0.1) is 12.7 Å². The summed E-state index contributed by atoms with van der Waals surface area (Å²) in [6.07, 6.45) is 0. The van der Waals surface area contributed by atoms with Gasteiger partial charge in [0.2, 0.25) is 0 Å². The lowest BCUT2D eigenvalue weighted by molar-refractivity contribution is 0.596. The number of anilines is 4. The molecule has 0 N–H and O–H groups in total. The highest BCUT2D eigenvalue weighted by Crippen LogP contribution is 2.27. The molecule has 1 fully saturated rings. The van der Waals surface area contributed by atoms with Crippen LogP contribution in [0.2, 0.25) is 0 Å². The highest BCUT2D eigenvalue weighted by molar-refractivity contribution is 5.63. The van der Waals surface area contributed by atoms with Gasteiger partial charge in [-0.25, -0.2) is 14.4 Å². The van der Waals surface area contributed by atoms with Gasteiger partial charge in [-0.2, -0.15) is 0 Å². The van der Waals surface area contributed by atoms with E-state index in [1.807, 2.05) is 37.3 Å². The third kappa shape index (κ3) is 4.16. The fourth-order valence-electron chi connectivity index (χ4n) is 3.81. The molecule has 1 aliphatic rings. The van der Waals surface area contributed by atoms with Crippen molar-refractivity contribution in [3.05, 3.63) is 72.3 Å². The third-order valence-electron chi connectivity index (χ3n) is 5.27. The zero-order valence-electron chi connectivity index (χ0n) is 16.9. The van der Waals surface area contributed by atoms with Crippen molar-refractivity contribution in [1.29, 1.82) is 0 Å². The summed E-state index contributed by atoms with van der Waals surface area (Å²) in [5.74, 6) is 2.42. The Hall–Kier alpha value is -3.15. The summed E-state index contributed by atoms with van der Waals surface area (Å²) in [7, 11) is 0. The fourth-order valence-corrected chi connectivity index (χ4v) is 3.81. The summed E-state index contributed by atoms with van der Waals surface area (Å²) in [5, 5.41) is 0. The molecule has 2 heterocycles. The molecule has 29 heavy (non-hydrogen) atoms. The van der Waals surface area contributed by atoms with Crippen LogP contribution >= 0.6 is 0 Å². The number of para-hydroxylation sites is 2. The monoisotopic (exact) mass is 391 g/mol. The van der Waals surface area contributed by atoms with Crippen molar-refractivity contribution in [2.24, 2.45) is 0 Å². The summed E-state index contributed by atoms with van der Waals surface area (Å²) in [6.45, 7) is 7.98. The number of benzene rings is 2. The highest BCUT2D eigenvalue weighted by atomic mass is 19.1. The van der Waals surface area contributed by atoms with E-state index in [1.54, 1.807) is 6.07 Å². The highest BCUT2D eigenvalue weighted by Gasteiger charge is 2.21. The van der Waals surface area contributed by atoms with Gasteiger partial charge < -0.3 is 14.7 Å². The predicted octanol–water partition coefficient (Wildman–Crippen LogP) is 4.41. The number of aromatic nitrogens is 2. The number of nitrogens with zero attached hydrogens (tertiary/aromatic N) is 5. The maximum Gasteiger partial charge on any atom is 0.146 e. The molecule has 1 saturated heterocycles. The quantitative estimate of drug-likeness (QED) is 0.644. The summed E-state index contributed by atoms with van der Waals surface area (Å²) in [4.78, 5) is 15.9. The number of aryl methyl sites for hydroxylation is 1. The maximum absolute atomic E-state index is 14.1. The Kier molecular flexibility index (Phi) is 5.60. The molecule has 4 rings (SSSR count). The van der Waals surface area contributed by atoms with Crippen LogP contribution in [-0.4, -0.2) is 42.7 Å².